The lowest BCUT2D eigenvalue weighted by atomic mass is 10.1. The number of aryl methyl sites for hydroxylation is 1. The van der Waals surface area contributed by atoms with Crippen molar-refractivity contribution in [2.75, 3.05) is 0 Å². The Kier molecular flexibility index (Phi) is 2.42. The molecule has 2 aromatic rings. The molecule has 0 spiro atoms. The van der Waals surface area contributed by atoms with Crippen molar-refractivity contribution in [1.82, 2.24) is 0 Å². The molecule has 2 nitrogen and oxygen atoms in total. The average molecular weight is 200 g/mol. The van der Waals surface area contributed by atoms with Crippen molar-refractivity contribution >= 4 is 17.0 Å². The van der Waals surface area contributed by atoms with Gasteiger partial charge in [0.05, 0.1) is 10.9 Å². The minimum atomic E-state index is 0.00343. The molecule has 0 bridgehead atoms. The van der Waals surface area contributed by atoms with Gasteiger partial charge in [-0.05, 0) is 12.1 Å². The van der Waals surface area contributed by atoms with Crippen LogP contribution in [-0.4, -0.2) is 0 Å². The molecule has 0 amide bonds. The van der Waals surface area contributed by atoms with Gasteiger partial charge in [0.2, 0.25) is 0 Å². The van der Waals surface area contributed by atoms with E-state index in [1.807, 2.05) is 25.1 Å². The van der Waals surface area contributed by atoms with Gasteiger partial charge in [0.15, 0.2) is 5.43 Å². The lowest BCUT2D eigenvalue weighted by molar-refractivity contribution is 0.541. The quantitative estimate of drug-likeness (QED) is 0.746. The van der Waals surface area contributed by atoms with Crippen molar-refractivity contribution in [3.63, 3.8) is 0 Å². The summed E-state index contributed by atoms with van der Waals surface area (Å²) in [5.41, 5.74) is 1.23. The van der Waals surface area contributed by atoms with Crippen LogP contribution in [0.2, 0.25) is 0 Å². The molecule has 0 saturated heterocycles. The first kappa shape index (κ1) is 9.71. The molecule has 76 valence electrons. The van der Waals surface area contributed by atoms with E-state index in [1.165, 1.54) is 0 Å². The summed E-state index contributed by atoms with van der Waals surface area (Å²) in [7, 11) is 0. The van der Waals surface area contributed by atoms with Crippen LogP contribution in [0.1, 0.15) is 18.2 Å². The van der Waals surface area contributed by atoms with Crippen LogP contribution >= 0.6 is 0 Å². The zero-order chi connectivity index (χ0) is 10.8. The fraction of sp³-hybridized carbons (Fsp3) is 0.154. The smallest absolute Gasteiger partial charge is 0.200 e. The summed E-state index contributed by atoms with van der Waals surface area (Å²) >= 11 is 0. The molecule has 0 fully saturated rings. The van der Waals surface area contributed by atoms with Crippen LogP contribution in [0.3, 0.4) is 0 Å². The largest absolute Gasteiger partial charge is 0.460 e. The second kappa shape index (κ2) is 3.73. The van der Waals surface area contributed by atoms with Crippen molar-refractivity contribution in [3.8, 4) is 0 Å². The molecule has 15 heavy (non-hydrogen) atoms. The van der Waals surface area contributed by atoms with E-state index in [9.17, 15) is 4.79 Å². The average Bonchev–Trinajstić information content (AvgIpc) is 2.29. The fourth-order valence-electron chi connectivity index (χ4n) is 1.67. The highest BCUT2D eigenvalue weighted by Crippen LogP contribution is 2.16. The van der Waals surface area contributed by atoms with E-state index in [-0.39, 0.29) is 5.43 Å². The van der Waals surface area contributed by atoms with Crippen molar-refractivity contribution in [3.05, 3.63) is 52.4 Å². The molecule has 0 aliphatic carbocycles. The second-order valence-corrected chi connectivity index (χ2v) is 3.32. The second-order valence-electron chi connectivity index (χ2n) is 3.32. The molecule has 0 radical (unpaired) electrons. The number of benzene rings is 1. The fourth-order valence-corrected chi connectivity index (χ4v) is 1.67. The number of hydrogen-bond donors (Lipinski definition) is 0. The van der Waals surface area contributed by atoms with Gasteiger partial charge in [-0.2, -0.15) is 0 Å². The molecular formula is C13H12O2. The molecule has 1 aromatic carbocycles. The highest BCUT2D eigenvalue weighted by Gasteiger charge is 2.09. The molecule has 1 heterocycles. The number of rotatable bonds is 2. The van der Waals surface area contributed by atoms with Crippen molar-refractivity contribution < 1.29 is 4.42 Å². The van der Waals surface area contributed by atoms with E-state index in [2.05, 4.69) is 6.58 Å². The molecule has 2 heteroatoms. The Morgan fingerprint density at radius 2 is 2.13 bits per heavy atom. The minimum Gasteiger partial charge on any atom is -0.460 e. The maximum absolute atomic E-state index is 12.0. The van der Waals surface area contributed by atoms with E-state index >= 15 is 0 Å². The lowest BCUT2D eigenvalue weighted by Gasteiger charge is -2.04. The maximum Gasteiger partial charge on any atom is 0.200 e. The third kappa shape index (κ3) is 1.48. The highest BCUT2D eigenvalue weighted by atomic mass is 16.3. The van der Waals surface area contributed by atoms with Gasteiger partial charge in [-0.3, -0.25) is 4.79 Å². The Hall–Kier alpha value is -1.83. The summed E-state index contributed by atoms with van der Waals surface area (Å²) in [4.78, 5) is 12.0. The van der Waals surface area contributed by atoms with Crippen LogP contribution in [0.4, 0.5) is 0 Å². The van der Waals surface area contributed by atoms with Gasteiger partial charge in [0, 0.05) is 6.42 Å². The predicted octanol–water partition coefficient (Wildman–Crippen LogP) is 3.00. The Labute approximate surface area is 87.8 Å². The highest BCUT2D eigenvalue weighted by molar-refractivity contribution is 5.79. The molecule has 0 N–H and O–H groups in total. The van der Waals surface area contributed by atoms with Crippen molar-refractivity contribution in [2.24, 2.45) is 0 Å². The number of para-hydroxylation sites is 1. The van der Waals surface area contributed by atoms with Crippen LogP contribution in [0.25, 0.3) is 17.0 Å². The summed E-state index contributed by atoms with van der Waals surface area (Å²) in [6, 6.07) is 7.27. The number of fused-ring (bicyclic) bond motifs is 1. The predicted molar refractivity (Wildman–Crippen MR) is 62.0 cm³/mol. The van der Waals surface area contributed by atoms with E-state index in [0.29, 0.717) is 28.7 Å². The molecule has 0 aliphatic heterocycles. The molecule has 0 unspecified atom stereocenters. The van der Waals surface area contributed by atoms with Crippen molar-refractivity contribution in [2.45, 2.75) is 13.3 Å². The summed E-state index contributed by atoms with van der Waals surface area (Å²) < 4.78 is 5.64. The minimum absolute atomic E-state index is 0.00343. The normalized spacial score (nSPS) is 10.5. The van der Waals surface area contributed by atoms with E-state index in [0.717, 1.165) is 0 Å². The lowest BCUT2D eigenvalue weighted by Crippen LogP contribution is -2.08. The first-order valence-electron chi connectivity index (χ1n) is 4.95. The molecule has 0 atom stereocenters. The van der Waals surface area contributed by atoms with Crippen LogP contribution in [-0.2, 0) is 6.42 Å². The van der Waals surface area contributed by atoms with Crippen molar-refractivity contribution in [1.29, 1.82) is 0 Å². The standard InChI is InChI=1S/C13H12O2/c1-3-9-11(4-2)15-12-8-6-5-7-10(12)13(9)14/h3,5-8H,1,4H2,2H3. The van der Waals surface area contributed by atoms with E-state index < -0.39 is 0 Å². The Bertz CT molecular complexity index is 564. The third-order valence-corrected chi connectivity index (χ3v) is 2.44. The summed E-state index contributed by atoms with van der Waals surface area (Å²) in [5, 5.41) is 0.615. The number of hydrogen-bond acceptors (Lipinski definition) is 2. The molecule has 0 aliphatic rings. The third-order valence-electron chi connectivity index (χ3n) is 2.44. The van der Waals surface area contributed by atoms with E-state index in [1.54, 1.807) is 12.1 Å². The maximum atomic E-state index is 12.0. The zero-order valence-electron chi connectivity index (χ0n) is 8.62. The van der Waals surface area contributed by atoms with Crippen LogP contribution in [0.15, 0.2) is 40.1 Å². The first-order valence-corrected chi connectivity index (χ1v) is 4.95. The Morgan fingerprint density at radius 3 is 2.80 bits per heavy atom. The topological polar surface area (TPSA) is 30.2 Å². The zero-order valence-corrected chi connectivity index (χ0v) is 8.62. The summed E-state index contributed by atoms with van der Waals surface area (Å²) in [5.74, 6) is 0.703. The van der Waals surface area contributed by atoms with Gasteiger partial charge in [-0.1, -0.05) is 31.7 Å². The van der Waals surface area contributed by atoms with Gasteiger partial charge in [0.25, 0.3) is 0 Å². The SMILES string of the molecule is C=Cc1c(CC)oc2ccccc2c1=O. The summed E-state index contributed by atoms with van der Waals surface area (Å²) in [6.45, 7) is 5.61. The van der Waals surface area contributed by atoms with Crippen LogP contribution < -0.4 is 5.43 Å². The van der Waals surface area contributed by atoms with Gasteiger partial charge in [-0.15, -0.1) is 0 Å². The van der Waals surface area contributed by atoms with Gasteiger partial charge < -0.3 is 4.42 Å². The van der Waals surface area contributed by atoms with Gasteiger partial charge in [-0.25, -0.2) is 0 Å². The van der Waals surface area contributed by atoms with Gasteiger partial charge in [0.1, 0.15) is 11.3 Å². The Morgan fingerprint density at radius 1 is 1.40 bits per heavy atom. The van der Waals surface area contributed by atoms with Crippen LogP contribution in [0.5, 0.6) is 0 Å². The molecular weight excluding hydrogens is 188 g/mol. The monoisotopic (exact) mass is 200 g/mol. The van der Waals surface area contributed by atoms with E-state index in [4.69, 9.17) is 4.42 Å². The molecule has 2 rings (SSSR count). The Balaban J connectivity index is 2.94. The van der Waals surface area contributed by atoms with Gasteiger partial charge >= 0.3 is 0 Å². The van der Waals surface area contributed by atoms with Crippen LogP contribution in [0, 0.1) is 0 Å². The first-order chi connectivity index (χ1) is 7.27. The molecule has 1 aromatic heterocycles. The summed E-state index contributed by atoms with van der Waals surface area (Å²) in [6.07, 6.45) is 2.26. The molecule has 0 saturated carbocycles.